The predicted molar refractivity (Wildman–Crippen MR) is 58.7 cm³/mol. The number of nitrogens with one attached hydrogen (secondary N) is 1. The van der Waals surface area contributed by atoms with Crippen LogP contribution in [0.4, 0.5) is 0 Å². The Morgan fingerprint density at radius 3 is 2.33 bits per heavy atom. The Hall–Kier alpha value is -1.13. The fourth-order valence-corrected chi connectivity index (χ4v) is 1.16. The number of aromatic nitrogens is 2. The van der Waals surface area contributed by atoms with Crippen LogP contribution in [0.15, 0.2) is 47.7 Å². The molecule has 96 valence electrons. The van der Waals surface area contributed by atoms with E-state index in [2.05, 4.69) is 15.0 Å². The molecular weight excluding hydrogens is 317 g/mol. The minimum Gasteiger partial charge on any atom is -1.00 e. The number of fused-ring (bicyclic) bond motifs is 1. The van der Waals surface area contributed by atoms with E-state index in [1.807, 2.05) is 24.3 Å². The van der Waals surface area contributed by atoms with Crippen LogP contribution in [0.2, 0.25) is 0 Å². The predicted octanol–water partition coefficient (Wildman–Crippen LogP) is -4.28. The minimum atomic E-state index is -0.157. The van der Waals surface area contributed by atoms with Crippen molar-refractivity contribution in [3.63, 3.8) is 0 Å². The van der Waals surface area contributed by atoms with Crippen molar-refractivity contribution in [2.24, 2.45) is 4.99 Å². The smallest absolute Gasteiger partial charge is 1.00 e. The molecule has 1 aliphatic rings. The molecule has 1 N–H and O–H groups in total. The SMILES string of the molecule is O=C1C=CC=N1.[Cl-].[Cl-].[Fe+2].c1ccc2[nH]cnc2c1. The Bertz CT molecular complexity index is 496. The number of H-pyrrole nitrogens is 1. The Morgan fingerprint density at radius 1 is 1.11 bits per heavy atom. The molecule has 0 saturated heterocycles. The summed E-state index contributed by atoms with van der Waals surface area (Å²) in [6.45, 7) is 0. The van der Waals surface area contributed by atoms with Gasteiger partial charge in [0.15, 0.2) is 0 Å². The molecule has 18 heavy (non-hydrogen) atoms. The van der Waals surface area contributed by atoms with E-state index in [1.54, 1.807) is 12.4 Å². The van der Waals surface area contributed by atoms with Gasteiger partial charge in [0.05, 0.1) is 17.4 Å². The molecule has 0 spiro atoms. The molecule has 1 aromatic carbocycles. The molecule has 2 heterocycles. The van der Waals surface area contributed by atoms with Crippen molar-refractivity contribution in [2.45, 2.75) is 0 Å². The van der Waals surface area contributed by atoms with E-state index in [0.717, 1.165) is 11.0 Å². The normalized spacial score (nSPS) is 10.8. The molecule has 0 aliphatic carbocycles. The molecular formula is C11H9Cl2FeN3O. The summed E-state index contributed by atoms with van der Waals surface area (Å²) in [4.78, 5) is 20.4. The number of nitrogens with zero attached hydrogens (tertiary/aromatic N) is 2. The van der Waals surface area contributed by atoms with Crippen molar-refractivity contribution in [1.82, 2.24) is 9.97 Å². The molecule has 7 heteroatoms. The first-order valence-corrected chi connectivity index (χ1v) is 4.49. The van der Waals surface area contributed by atoms with E-state index in [1.165, 1.54) is 12.3 Å². The average Bonchev–Trinajstić information content (AvgIpc) is 2.88. The Balaban J connectivity index is 0. The topological polar surface area (TPSA) is 58.1 Å². The van der Waals surface area contributed by atoms with Crippen molar-refractivity contribution in [3.05, 3.63) is 42.7 Å². The van der Waals surface area contributed by atoms with Crippen molar-refractivity contribution in [3.8, 4) is 0 Å². The summed E-state index contributed by atoms with van der Waals surface area (Å²) in [6, 6.07) is 7.94. The largest absolute Gasteiger partial charge is 2.00 e. The van der Waals surface area contributed by atoms with Gasteiger partial charge in [0.2, 0.25) is 0 Å². The first-order valence-electron chi connectivity index (χ1n) is 4.49. The summed E-state index contributed by atoms with van der Waals surface area (Å²) in [5.41, 5.74) is 2.12. The molecule has 0 atom stereocenters. The summed E-state index contributed by atoms with van der Waals surface area (Å²) in [5.74, 6) is -0.157. The molecule has 0 bridgehead atoms. The molecule has 3 rings (SSSR count). The van der Waals surface area contributed by atoms with Crippen LogP contribution in [-0.2, 0) is 21.9 Å². The molecule has 0 unspecified atom stereocenters. The zero-order valence-electron chi connectivity index (χ0n) is 9.03. The molecule has 2 aromatic rings. The number of aliphatic imine (C=N–C) groups is 1. The minimum absolute atomic E-state index is 0. The van der Waals surface area contributed by atoms with Crippen molar-refractivity contribution < 1.29 is 46.7 Å². The standard InChI is InChI=1S/C7H6N2.C4H3NO.2ClH.Fe/c1-2-4-7-6(3-1)8-5-9-7;6-4-2-1-3-5-4;;;/h1-5H,(H,8,9);1-3H;2*1H;/q;;;;+2/p-2. The van der Waals surface area contributed by atoms with Gasteiger partial charge in [0, 0.05) is 12.3 Å². The van der Waals surface area contributed by atoms with E-state index in [-0.39, 0.29) is 47.8 Å². The van der Waals surface area contributed by atoms with E-state index in [0.29, 0.717) is 0 Å². The maximum absolute atomic E-state index is 9.96. The van der Waals surface area contributed by atoms with Crippen LogP contribution < -0.4 is 24.8 Å². The average molecular weight is 326 g/mol. The van der Waals surface area contributed by atoms with Crippen LogP contribution in [0.1, 0.15) is 0 Å². The zero-order chi connectivity index (χ0) is 10.5. The fourth-order valence-electron chi connectivity index (χ4n) is 1.16. The summed E-state index contributed by atoms with van der Waals surface area (Å²) in [7, 11) is 0. The summed E-state index contributed by atoms with van der Waals surface area (Å²) >= 11 is 0. The van der Waals surface area contributed by atoms with Gasteiger partial charge in [-0.15, -0.1) is 0 Å². The number of para-hydroxylation sites is 2. The Morgan fingerprint density at radius 2 is 1.83 bits per heavy atom. The molecule has 4 nitrogen and oxygen atoms in total. The molecule has 1 aliphatic heterocycles. The van der Waals surface area contributed by atoms with E-state index in [4.69, 9.17) is 0 Å². The van der Waals surface area contributed by atoms with Crippen molar-refractivity contribution in [1.29, 1.82) is 0 Å². The maximum atomic E-state index is 9.96. The number of allylic oxidation sites excluding steroid dienone is 1. The first-order chi connectivity index (χ1) is 7.36. The molecule has 1 amide bonds. The second-order valence-electron chi connectivity index (χ2n) is 2.90. The number of benzene rings is 1. The number of rotatable bonds is 0. The van der Waals surface area contributed by atoms with E-state index in [9.17, 15) is 4.79 Å². The zero-order valence-corrected chi connectivity index (χ0v) is 11.6. The summed E-state index contributed by atoms with van der Waals surface area (Å²) in [6.07, 6.45) is 6.20. The number of amides is 1. The van der Waals surface area contributed by atoms with Gasteiger partial charge in [0.1, 0.15) is 0 Å². The third-order valence-electron chi connectivity index (χ3n) is 1.85. The van der Waals surface area contributed by atoms with Gasteiger partial charge >= 0.3 is 17.1 Å². The number of hydrogen-bond donors (Lipinski definition) is 1. The van der Waals surface area contributed by atoms with Gasteiger partial charge in [-0.05, 0) is 18.2 Å². The van der Waals surface area contributed by atoms with E-state index >= 15 is 0 Å². The first kappa shape index (κ1) is 19.2. The van der Waals surface area contributed by atoms with Crippen LogP contribution in [0.5, 0.6) is 0 Å². The van der Waals surface area contributed by atoms with Gasteiger partial charge in [-0.25, -0.2) is 9.98 Å². The van der Waals surface area contributed by atoms with Gasteiger partial charge in [-0.3, -0.25) is 4.79 Å². The molecule has 1 aromatic heterocycles. The van der Waals surface area contributed by atoms with Gasteiger partial charge in [-0.2, -0.15) is 0 Å². The van der Waals surface area contributed by atoms with Crippen LogP contribution >= 0.6 is 0 Å². The Kier molecular flexibility index (Phi) is 10.5. The van der Waals surface area contributed by atoms with Crippen molar-refractivity contribution in [2.75, 3.05) is 0 Å². The number of halogens is 2. The van der Waals surface area contributed by atoms with Crippen LogP contribution in [0.3, 0.4) is 0 Å². The quantitative estimate of drug-likeness (QED) is 0.499. The van der Waals surface area contributed by atoms with Crippen molar-refractivity contribution >= 4 is 23.2 Å². The van der Waals surface area contributed by atoms with E-state index < -0.39 is 0 Å². The number of imidazole rings is 1. The fraction of sp³-hybridized carbons (Fsp3) is 0. The molecule has 0 saturated carbocycles. The Labute approximate surface area is 127 Å². The number of carbonyl (C=O) groups is 1. The van der Waals surface area contributed by atoms with Gasteiger partial charge in [-0.1, -0.05) is 12.1 Å². The summed E-state index contributed by atoms with van der Waals surface area (Å²) < 4.78 is 0. The number of aromatic amines is 1. The summed E-state index contributed by atoms with van der Waals surface area (Å²) in [5, 5.41) is 0. The molecule has 0 fully saturated rings. The third kappa shape index (κ3) is 5.47. The second-order valence-corrected chi connectivity index (χ2v) is 2.90. The monoisotopic (exact) mass is 325 g/mol. The second kappa shape index (κ2) is 9.85. The van der Waals surface area contributed by atoms with Gasteiger partial charge in [0.25, 0.3) is 5.91 Å². The van der Waals surface area contributed by atoms with Crippen LogP contribution in [0, 0.1) is 0 Å². The van der Waals surface area contributed by atoms with Gasteiger partial charge < -0.3 is 29.8 Å². The third-order valence-corrected chi connectivity index (χ3v) is 1.85. The number of hydrogen-bond acceptors (Lipinski definition) is 2. The van der Waals surface area contributed by atoms with Crippen LogP contribution in [0.25, 0.3) is 11.0 Å². The maximum Gasteiger partial charge on any atom is 2.00 e. The molecule has 0 radical (unpaired) electrons. The van der Waals surface area contributed by atoms with Crippen LogP contribution in [-0.4, -0.2) is 22.1 Å². The number of carbonyl (C=O) groups excluding carboxylic acids is 1.